The van der Waals surface area contributed by atoms with Gasteiger partial charge in [-0.05, 0) is 56.0 Å². The smallest absolute Gasteiger partial charge is 0.338 e. The van der Waals surface area contributed by atoms with Crippen LogP contribution >= 0.6 is 0 Å². The summed E-state index contributed by atoms with van der Waals surface area (Å²) in [5.74, 6) is 0.939. The van der Waals surface area contributed by atoms with Crippen molar-refractivity contribution in [1.29, 1.82) is 0 Å². The van der Waals surface area contributed by atoms with Crippen LogP contribution in [0.5, 0.6) is 0 Å². The van der Waals surface area contributed by atoms with Crippen LogP contribution in [-0.4, -0.2) is 19.2 Å². The van der Waals surface area contributed by atoms with Crippen LogP contribution in [0.25, 0.3) is 0 Å². The summed E-state index contributed by atoms with van der Waals surface area (Å²) in [6.07, 6.45) is 5.70. The van der Waals surface area contributed by atoms with Crippen molar-refractivity contribution in [2.75, 3.05) is 13.2 Å². The normalized spacial score (nSPS) is 10.1. The zero-order chi connectivity index (χ0) is 22.5. The van der Waals surface area contributed by atoms with Crippen molar-refractivity contribution in [3.05, 3.63) is 58.9 Å². The molecule has 0 aliphatic carbocycles. The monoisotopic (exact) mass is 392 g/mol. The molecule has 0 bridgehead atoms. The van der Waals surface area contributed by atoms with Crippen LogP contribution in [0.15, 0.2) is 42.2 Å². The molecule has 1 aromatic carbocycles. The quantitative estimate of drug-likeness (QED) is 0.205. The standard InChI is InChI=1S/C19H26O3.3C2H6/c1-6-7-8-16(5)21-11-12-22-19(20)17-9-10-18(14(2)3)15(4)13-17;3*1-2/h6-10,13-14H,11-12H2,1-5H3;3*1-2H3/b7-6-,16-8+;;;. The molecule has 3 nitrogen and oxygen atoms in total. The van der Waals surface area contributed by atoms with Crippen LogP contribution in [0.2, 0.25) is 0 Å². The van der Waals surface area contributed by atoms with E-state index < -0.39 is 0 Å². The fourth-order valence-electron chi connectivity index (χ4n) is 2.15. The lowest BCUT2D eigenvalue weighted by atomic mass is 9.96. The minimum absolute atomic E-state index is 0.241. The number of carbonyl (C=O) groups is 1. The number of aryl methyl sites for hydroxylation is 1. The molecule has 28 heavy (non-hydrogen) atoms. The summed E-state index contributed by atoms with van der Waals surface area (Å²) < 4.78 is 10.7. The van der Waals surface area contributed by atoms with Gasteiger partial charge in [-0.25, -0.2) is 4.79 Å². The Labute approximate surface area is 174 Å². The fourth-order valence-corrected chi connectivity index (χ4v) is 2.15. The first-order valence-electron chi connectivity index (χ1n) is 10.7. The molecule has 0 aliphatic heterocycles. The summed E-state index contributed by atoms with van der Waals surface area (Å²) >= 11 is 0. The molecular formula is C25H44O3. The van der Waals surface area contributed by atoms with Gasteiger partial charge in [-0.2, -0.15) is 0 Å². The molecule has 0 saturated heterocycles. The van der Waals surface area contributed by atoms with Crippen LogP contribution in [-0.2, 0) is 9.47 Å². The molecule has 0 radical (unpaired) electrons. The molecule has 0 amide bonds. The third-order valence-corrected chi connectivity index (χ3v) is 3.30. The topological polar surface area (TPSA) is 35.5 Å². The van der Waals surface area contributed by atoms with Crippen LogP contribution in [0, 0.1) is 6.92 Å². The first-order valence-corrected chi connectivity index (χ1v) is 10.7. The SMILES string of the molecule is C/C=C\C=C(/C)OCCOC(=O)c1ccc(C(C)C)c(C)c1.CC.CC.CC. The van der Waals surface area contributed by atoms with Gasteiger partial charge in [-0.3, -0.25) is 0 Å². The van der Waals surface area contributed by atoms with Crippen molar-refractivity contribution < 1.29 is 14.3 Å². The second-order valence-corrected chi connectivity index (χ2v) is 5.51. The first kappa shape index (κ1) is 30.7. The van der Waals surface area contributed by atoms with E-state index in [0.717, 1.165) is 11.3 Å². The van der Waals surface area contributed by atoms with Crippen molar-refractivity contribution in [2.45, 2.75) is 82.1 Å². The summed E-state index contributed by atoms with van der Waals surface area (Å²) in [4.78, 5) is 12.0. The molecule has 0 unspecified atom stereocenters. The number of hydrogen-bond acceptors (Lipinski definition) is 3. The Balaban J connectivity index is -0.000000946. The van der Waals surface area contributed by atoms with E-state index >= 15 is 0 Å². The van der Waals surface area contributed by atoms with Gasteiger partial charge < -0.3 is 9.47 Å². The van der Waals surface area contributed by atoms with Crippen LogP contribution in [0.1, 0.15) is 96.6 Å². The lowest BCUT2D eigenvalue weighted by Gasteiger charge is -2.11. The van der Waals surface area contributed by atoms with E-state index in [1.54, 1.807) is 0 Å². The Hall–Kier alpha value is -2.03. The molecule has 1 aromatic rings. The highest BCUT2D eigenvalue weighted by Crippen LogP contribution is 2.20. The summed E-state index contributed by atoms with van der Waals surface area (Å²) in [5.41, 5.74) is 2.96. The number of allylic oxidation sites excluding steroid dienone is 4. The van der Waals surface area contributed by atoms with Crippen LogP contribution in [0.4, 0.5) is 0 Å². The van der Waals surface area contributed by atoms with Gasteiger partial charge in [-0.15, -0.1) is 0 Å². The maximum Gasteiger partial charge on any atom is 0.338 e. The molecule has 0 saturated carbocycles. The number of rotatable bonds is 7. The summed E-state index contributed by atoms with van der Waals surface area (Å²) in [5, 5.41) is 0. The third-order valence-electron chi connectivity index (χ3n) is 3.30. The van der Waals surface area contributed by atoms with Gasteiger partial charge in [0.15, 0.2) is 0 Å². The van der Waals surface area contributed by atoms with Gasteiger partial charge in [0.2, 0.25) is 0 Å². The van der Waals surface area contributed by atoms with E-state index in [1.165, 1.54) is 5.56 Å². The van der Waals surface area contributed by atoms with E-state index in [9.17, 15) is 4.79 Å². The minimum atomic E-state index is -0.308. The van der Waals surface area contributed by atoms with Gasteiger partial charge in [0.1, 0.15) is 13.2 Å². The molecule has 0 aromatic heterocycles. The number of esters is 1. The Morgan fingerprint density at radius 2 is 1.54 bits per heavy atom. The van der Waals surface area contributed by atoms with E-state index in [0.29, 0.717) is 18.1 Å². The second kappa shape index (κ2) is 21.3. The van der Waals surface area contributed by atoms with Gasteiger partial charge in [0.25, 0.3) is 0 Å². The van der Waals surface area contributed by atoms with Crippen molar-refractivity contribution >= 4 is 5.97 Å². The van der Waals surface area contributed by atoms with E-state index in [4.69, 9.17) is 9.47 Å². The molecule has 0 heterocycles. The number of carbonyl (C=O) groups excluding carboxylic acids is 1. The Bertz CT molecular complexity index is 555. The molecule has 0 N–H and O–H groups in total. The second-order valence-electron chi connectivity index (χ2n) is 5.51. The van der Waals surface area contributed by atoms with Crippen LogP contribution < -0.4 is 0 Å². The zero-order valence-electron chi connectivity index (χ0n) is 20.2. The van der Waals surface area contributed by atoms with E-state index in [1.807, 2.05) is 98.7 Å². The zero-order valence-corrected chi connectivity index (χ0v) is 20.2. The average molecular weight is 393 g/mol. The van der Waals surface area contributed by atoms with Gasteiger partial charge in [-0.1, -0.05) is 73.6 Å². The summed E-state index contributed by atoms with van der Waals surface area (Å²) in [6, 6.07) is 5.70. The van der Waals surface area contributed by atoms with Gasteiger partial charge in [0, 0.05) is 0 Å². The first-order chi connectivity index (χ1) is 13.5. The number of hydrogen-bond donors (Lipinski definition) is 0. The molecule has 0 aliphatic rings. The molecule has 0 atom stereocenters. The Morgan fingerprint density at radius 3 is 2.00 bits per heavy atom. The van der Waals surface area contributed by atoms with E-state index in [2.05, 4.69) is 13.8 Å². The molecule has 0 spiro atoms. The van der Waals surface area contributed by atoms with Crippen molar-refractivity contribution in [2.24, 2.45) is 0 Å². The van der Waals surface area contributed by atoms with Crippen molar-refractivity contribution in [3.63, 3.8) is 0 Å². The molecule has 162 valence electrons. The highest BCUT2D eigenvalue weighted by Gasteiger charge is 2.10. The lowest BCUT2D eigenvalue weighted by Crippen LogP contribution is -2.11. The van der Waals surface area contributed by atoms with Gasteiger partial charge in [0.05, 0.1) is 11.3 Å². The summed E-state index contributed by atoms with van der Waals surface area (Å²) in [6.45, 7) is 22.7. The predicted molar refractivity (Wildman–Crippen MR) is 124 cm³/mol. The summed E-state index contributed by atoms with van der Waals surface area (Å²) in [7, 11) is 0. The number of ether oxygens (including phenoxy) is 2. The fraction of sp³-hybridized carbons (Fsp3) is 0.560. The van der Waals surface area contributed by atoms with Crippen molar-refractivity contribution in [1.82, 2.24) is 0 Å². The largest absolute Gasteiger partial charge is 0.495 e. The Kier molecular flexibility index (Phi) is 23.3. The predicted octanol–water partition coefficient (Wildman–Crippen LogP) is 7.85. The Morgan fingerprint density at radius 1 is 1.00 bits per heavy atom. The van der Waals surface area contributed by atoms with Crippen LogP contribution in [0.3, 0.4) is 0 Å². The maximum atomic E-state index is 12.0. The average Bonchev–Trinajstić information content (AvgIpc) is 2.73. The minimum Gasteiger partial charge on any atom is -0.495 e. The molecule has 0 fully saturated rings. The van der Waals surface area contributed by atoms with E-state index in [-0.39, 0.29) is 12.6 Å². The molecular weight excluding hydrogens is 348 g/mol. The molecule has 1 rings (SSSR count). The lowest BCUT2D eigenvalue weighted by molar-refractivity contribution is 0.0401. The molecule has 3 heteroatoms. The third kappa shape index (κ3) is 14.1. The number of benzene rings is 1. The maximum absolute atomic E-state index is 12.0. The highest BCUT2D eigenvalue weighted by atomic mass is 16.6. The van der Waals surface area contributed by atoms with Gasteiger partial charge >= 0.3 is 5.97 Å². The highest BCUT2D eigenvalue weighted by molar-refractivity contribution is 5.89. The van der Waals surface area contributed by atoms with Crippen molar-refractivity contribution in [3.8, 4) is 0 Å².